The average Bonchev–Trinajstić information content (AvgIpc) is 2.80. The highest BCUT2D eigenvalue weighted by Crippen LogP contribution is 2.18. The fourth-order valence-corrected chi connectivity index (χ4v) is 2.26. The van der Waals surface area contributed by atoms with E-state index in [1.807, 2.05) is 0 Å². The molecule has 0 unspecified atom stereocenters. The summed E-state index contributed by atoms with van der Waals surface area (Å²) < 4.78 is 0. The summed E-state index contributed by atoms with van der Waals surface area (Å²) in [5.74, 6) is 0. The molecule has 2 aromatic rings. The van der Waals surface area contributed by atoms with Gasteiger partial charge in [-0.25, -0.2) is 0 Å². The molecule has 0 saturated heterocycles. The summed E-state index contributed by atoms with van der Waals surface area (Å²) in [6, 6.07) is 8.44. The van der Waals surface area contributed by atoms with E-state index in [0.717, 1.165) is 32.4 Å². The lowest BCUT2D eigenvalue weighted by molar-refractivity contribution is 0.264. The van der Waals surface area contributed by atoms with Crippen LogP contribution in [0.1, 0.15) is 18.4 Å². The van der Waals surface area contributed by atoms with Gasteiger partial charge >= 0.3 is 0 Å². The number of rotatable bonds is 7. The molecule has 0 saturated carbocycles. The monoisotopic (exact) mass is 246 g/mol. The van der Waals surface area contributed by atoms with Crippen molar-refractivity contribution in [2.45, 2.75) is 19.3 Å². The second-order valence-corrected chi connectivity index (χ2v) is 4.84. The molecule has 0 aliphatic heterocycles. The van der Waals surface area contributed by atoms with Crippen molar-refractivity contribution in [1.82, 2.24) is 9.88 Å². The Balaban J connectivity index is 1.86. The molecule has 0 atom stereocenters. The Morgan fingerprint density at radius 3 is 2.83 bits per heavy atom. The lowest BCUT2D eigenvalue weighted by Gasteiger charge is -2.15. The number of aromatic nitrogens is 1. The maximum absolute atomic E-state index is 8.75. The molecule has 1 aromatic carbocycles. The molecule has 0 aliphatic rings. The Labute approximate surface area is 108 Å². The van der Waals surface area contributed by atoms with Crippen LogP contribution in [0, 0.1) is 0 Å². The molecule has 0 spiro atoms. The summed E-state index contributed by atoms with van der Waals surface area (Å²) in [5.41, 5.74) is 2.61. The van der Waals surface area contributed by atoms with Gasteiger partial charge in [-0.15, -0.1) is 0 Å². The normalized spacial score (nSPS) is 11.5. The van der Waals surface area contributed by atoms with Crippen molar-refractivity contribution in [2.24, 2.45) is 0 Å². The smallest absolute Gasteiger partial charge is 0.0456 e. The highest BCUT2D eigenvalue weighted by molar-refractivity contribution is 5.83. The molecule has 0 amide bonds. The summed E-state index contributed by atoms with van der Waals surface area (Å²) in [4.78, 5) is 5.64. The number of aromatic amines is 1. The minimum atomic E-state index is 0.302. The van der Waals surface area contributed by atoms with E-state index in [2.05, 4.69) is 47.4 Å². The number of nitrogens with one attached hydrogen (secondary N) is 1. The van der Waals surface area contributed by atoms with Gasteiger partial charge in [0.1, 0.15) is 0 Å². The van der Waals surface area contributed by atoms with E-state index < -0.39 is 0 Å². The van der Waals surface area contributed by atoms with E-state index in [-0.39, 0.29) is 0 Å². The van der Waals surface area contributed by atoms with Crippen LogP contribution in [0.5, 0.6) is 0 Å². The van der Waals surface area contributed by atoms with E-state index in [1.54, 1.807) is 0 Å². The highest BCUT2D eigenvalue weighted by Gasteiger charge is 2.04. The molecular formula is C15H22N2O. The first-order valence-electron chi connectivity index (χ1n) is 6.65. The number of para-hydroxylation sites is 1. The van der Waals surface area contributed by atoms with Crippen molar-refractivity contribution in [3.63, 3.8) is 0 Å². The number of unbranched alkanes of at least 4 members (excludes halogenated alkanes) is 1. The summed E-state index contributed by atoms with van der Waals surface area (Å²) >= 11 is 0. The molecule has 2 rings (SSSR count). The summed E-state index contributed by atoms with van der Waals surface area (Å²) in [6.45, 7) is 2.42. The maximum atomic E-state index is 8.75. The molecule has 0 radical (unpaired) electrons. The Hall–Kier alpha value is -1.32. The van der Waals surface area contributed by atoms with Crippen molar-refractivity contribution in [2.75, 3.05) is 26.7 Å². The van der Waals surface area contributed by atoms with E-state index in [1.165, 1.54) is 16.5 Å². The molecule has 3 nitrogen and oxygen atoms in total. The summed E-state index contributed by atoms with van der Waals surface area (Å²) in [6.07, 6.45) is 5.16. The zero-order chi connectivity index (χ0) is 12.8. The van der Waals surface area contributed by atoms with Crippen molar-refractivity contribution in [3.8, 4) is 0 Å². The van der Waals surface area contributed by atoms with Crippen LogP contribution in [0.2, 0.25) is 0 Å². The van der Waals surface area contributed by atoms with E-state index in [9.17, 15) is 0 Å². The van der Waals surface area contributed by atoms with Gasteiger partial charge in [-0.3, -0.25) is 0 Å². The van der Waals surface area contributed by atoms with Crippen molar-refractivity contribution >= 4 is 10.9 Å². The number of hydrogen-bond acceptors (Lipinski definition) is 2. The largest absolute Gasteiger partial charge is 0.396 e. The maximum Gasteiger partial charge on any atom is 0.0456 e. The fraction of sp³-hybridized carbons (Fsp3) is 0.467. The fourth-order valence-electron chi connectivity index (χ4n) is 2.26. The van der Waals surface area contributed by atoms with E-state index >= 15 is 0 Å². The molecule has 18 heavy (non-hydrogen) atoms. The van der Waals surface area contributed by atoms with Crippen LogP contribution in [0.3, 0.4) is 0 Å². The first-order chi connectivity index (χ1) is 8.81. The highest BCUT2D eigenvalue weighted by atomic mass is 16.2. The third kappa shape index (κ3) is 3.34. The van der Waals surface area contributed by atoms with Gasteiger partial charge in [0.05, 0.1) is 0 Å². The number of fused-ring (bicyclic) bond motifs is 1. The minimum Gasteiger partial charge on any atom is -0.396 e. The predicted octanol–water partition coefficient (Wildman–Crippen LogP) is 2.41. The zero-order valence-corrected chi connectivity index (χ0v) is 11.0. The first-order valence-corrected chi connectivity index (χ1v) is 6.65. The van der Waals surface area contributed by atoms with Gasteiger partial charge in [0.15, 0.2) is 0 Å². The molecule has 1 heterocycles. The number of aliphatic hydroxyl groups excluding tert-OH is 1. The average molecular weight is 246 g/mol. The third-order valence-electron chi connectivity index (χ3n) is 3.39. The second kappa shape index (κ2) is 6.57. The van der Waals surface area contributed by atoms with Crippen LogP contribution in [-0.2, 0) is 6.42 Å². The third-order valence-corrected chi connectivity index (χ3v) is 3.39. The zero-order valence-electron chi connectivity index (χ0n) is 11.0. The number of benzene rings is 1. The van der Waals surface area contributed by atoms with Gasteiger partial charge in [-0.2, -0.15) is 0 Å². The van der Waals surface area contributed by atoms with Gasteiger partial charge in [0.25, 0.3) is 0 Å². The van der Waals surface area contributed by atoms with Gasteiger partial charge < -0.3 is 15.0 Å². The Morgan fingerprint density at radius 2 is 2.00 bits per heavy atom. The van der Waals surface area contributed by atoms with Crippen LogP contribution in [0.25, 0.3) is 10.9 Å². The van der Waals surface area contributed by atoms with E-state index in [4.69, 9.17) is 5.11 Å². The van der Waals surface area contributed by atoms with Crippen LogP contribution >= 0.6 is 0 Å². The number of aliphatic hydroxyl groups is 1. The van der Waals surface area contributed by atoms with Crippen molar-refractivity contribution < 1.29 is 5.11 Å². The number of nitrogens with zero attached hydrogens (tertiary/aromatic N) is 1. The SMILES string of the molecule is CN(CCCCO)CCc1c[nH]c2ccccc12. The molecular weight excluding hydrogens is 224 g/mol. The second-order valence-electron chi connectivity index (χ2n) is 4.84. The lowest BCUT2D eigenvalue weighted by atomic mass is 10.1. The molecule has 98 valence electrons. The minimum absolute atomic E-state index is 0.302. The summed E-state index contributed by atoms with van der Waals surface area (Å²) in [5, 5.41) is 10.1. The standard InChI is InChI=1S/C15H22N2O/c1-17(9-4-5-11-18)10-8-13-12-16-15-7-3-2-6-14(13)15/h2-3,6-7,12,16,18H,4-5,8-11H2,1H3. The van der Waals surface area contributed by atoms with E-state index in [0.29, 0.717) is 6.61 Å². The van der Waals surface area contributed by atoms with Gasteiger partial charge in [0, 0.05) is 30.3 Å². The van der Waals surface area contributed by atoms with Gasteiger partial charge in [-0.05, 0) is 44.5 Å². The van der Waals surface area contributed by atoms with Gasteiger partial charge in [-0.1, -0.05) is 18.2 Å². The lowest BCUT2D eigenvalue weighted by Crippen LogP contribution is -2.22. The topological polar surface area (TPSA) is 39.3 Å². The van der Waals surface area contributed by atoms with Crippen molar-refractivity contribution in [3.05, 3.63) is 36.0 Å². The van der Waals surface area contributed by atoms with Crippen LogP contribution < -0.4 is 0 Å². The van der Waals surface area contributed by atoms with Crippen LogP contribution in [-0.4, -0.2) is 41.7 Å². The number of H-pyrrole nitrogens is 1. The molecule has 2 N–H and O–H groups in total. The van der Waals surface area contributed by atoms with Crippen molar-refractivity contribution in [1.29, 1.82) is 0 Å². The molecule has 1 aromatic heterocycles. The Bertz CT molecular complexity index is 478. The molecule has 0 bridgehead atoms. The number of likely N-dealkylation sites (N-methyl/N-ethyl adjacent to an activating group) is 1. The van der Waals surface area contributed by atoms with Crippen LogP contribution in [0.4, 0.5) is 0 Å². The Morgan fingerprint density at radius 1 is 1.17 bits per heavy atom. The van der Waals surface area contributed by atoms with Gasteiger partial charge in [0.2, 0.25) is 0 Å². The molecule has 3 heteroatoms. The Kier molecular flexibility index (Phi) is 4.79. The predicted molar refractivity (Wildman–Crippen MR) is 75.8 cm³/mol. The first kappa shape index (κ1) is 13.1. The quantitative estimate of drug-likeness (QED) is 0.736. The molecule has 0 aliphatic carbocycles. The molecule has 0 fully saturated rings. The summed E-state index contributed by atoms with van der Waals surface area (Å²) in [7, 11) is 2.15. The van der Waals surface area contributed by atoms with Crippen LogP contribution in [0.15, 0.2) is 30.5 Å². The number of hydrogen-bond donors (Lipinski definition) is 2.